The smallest absolute Gasteiger partial charge is 0.185 e. The minimum absolute atomic E-state index is 0. The molecule has 0 aliphatic heterocycles. The Bertz CT molecular complexity index is 321. The van der Waals surface area contributed by atoms with Gasteiger partial charge in [0.1, 0.15) is 0 Å². The molecule has 0 atom stereocenters. The van der Waals surface area contributed by atoms with Crippen LogP contribution in [0.2, 0.25) is 0 Å². The van der Waals surface area contributed by atoms with Gasteiger partial charge in [-0.25, -0.2) is 0 Å². The van der Waals surface area contributed by atoms with Gasteiger partial charge in [-0.3, -0.25) is 4.99 Å². The van der Waals surface area contributed by atoms with Gasteiger partial charge < -0.3 is 11.5 Å². The third-order valence-electron chi connectivity index (χ3n) is 1.92. The quantitative estimate of drug-likeness (QED) is 0.370. The highest BCUT2D eigenvalue weighted by molar-refractivity contribution is 14.0. The molecule has 0 aromatic heterocycles. The Labute approximate surface area is 118 Å². The molecule has 5 heteroatoms. The maximum absolute atomic E-state index is 5.22. The molecule has 16 heavy (non-hydrogen) atoms. The summed E-state index contributed by atoms with van der Waals surface area (Å²) in [6.07, 6.45) is 0. The molecule has 0 bridgehead atoms. The van der Waals surface area contributed by atoms with Crippen LogP contribution in [0, 0.1) is 6.92 Å². The Kier molecular flexibility index (Phi) is 8.46. The lowest BCUT2D eigenvalue weighted by Gasteiger charge is -2.01. The lowest BCUT2D eigenvalue weighted by molar-refractivity contribution is 1.12. The first-order chi connectivity index (χ1) is 7.18. The van der Waals surface area contributed by atoms with Crippen molar-refractivity contribution in [1.82, 2.24) is 0 Å². The minimum atomic E-state index is 0. The molecule has 1 rings (SSSR count). The highest BCUT2D eigenvalue weighted by Gasteiger charge is 1.93. The first-order valence-electron chi connectivity index (χ1n) is 4.87. The molecule has 3 nitrogen and oxygen atoms in total. The van der Waals surface area contributed by atoms with Gasteiger partial charge in [0.2, 0.25) is 0 Å². The summed E-state index contributed by atoms with van der Waals surface area (Å²) < 4.78 is 0. The molecule has 0 saturated carbocycles. The summed E-state index contributed by atoms with van der Waals surface area (Å²) >= 11 is 1.84. The normalized spacial score (nSPS) is 9.31. The number of rotatable bonds is 5. The molecule has 90 valence electrons. The van der Waals surface area contributed by atoms with Crippen LogP contribution in [0.3, 0.4) is 0 Å². The first-order valence-corrected chi connectivity index (χ1v) is 6.02. The van der Waals surface area contributed by atoms with E-state index in [9.17, 15) is 0 Å². The number of benzene rings is 1. The maximum atomic E-state index is 5.22. The lowest BCUT2D eigenvalue weighted by Crippen LogP contribution is -2.23. The zero-order valence-electron chi connectivity index (χ0n) is 9.35. The number of hydrogen-bond donors (Lipinski definition) is 2. The van der Waals surface area contributed by atoms with Gasteiger partial charge in [-0.2, -0.15) is 11.8 Å². The molecule has 0 aliphatic carbocycles. The lowest BCUT2D eigenvalue weighted by atomic mass is 10.2. The number of hydrogen-bond acceptors (Lipinski definition) is 2. The Hall–Kier alpha value is -0.430. The molecule has 0 aliphatic rings. The molecule has 4 N–H and O–H groups in total. The summed E-state index contributed by atoms with van der Waals surface area (Å²) in [5.74, 6) is 2.14. The number of aliphatic imine (C=N–C) groups is 1. The standard InChI is InChI=1S/C11H17N3S.HI/c1-9-2-4-10(5-3-9)8-15-7-6-14-11(12)13;/h2-5H,6-8H2,1H3,(H4,12,13,14);1H. The van der Waals surface area contributed by atoms with Crippen molar-refractivity contribution in [2.24, 2.45) is 16.5 Å². The summed E-state index contributed by atoms with van der Waals surface area (Å²) in [7, 11) is 0. The second kappa shape index (κ2) is 8.69. The number of nitrogens with two attached hydrogens (primary N) is 2. The van der Waals surface area contributed by atoms with E-state index in [1.165, 1.54) is 11.1 Å². The molecule has 0 amide bonds. The Balaban J connectivity index is 0.00000225. The predicted octanol–water partition coefficient (Wildman–Crippen LogP) is 2.12. The van der Waals surface area contributed by atoms with Crippen LogP contribution in [-0.4, -0.2) is 18.3 Å². The predicted molar refractivity (Wildman–Crippen MR) is 83.4 cm³/mol. The SMILES string of the molecule is Cc1ccc(CSCCN=C(N)N)cc1.I. The monoisotopic (exact) mass is 351 g/mol. The number of guanidine groups is 1. The Morgan fingerprint density at radius 1 is 1.25 bits per heavy atom. The molecule has 0 radical (unpaired) electrons. The van der Waals surface area contributed by atoms with Gasteiger partial charge in [-0.1, -0.05) is 29.8 Å². The topological polar surface area (TPSA) is 64.4 Å². The van der Waals surface area contributed by atoms with Crippen molar-refractivity contribution < 1.29 is 0 Å². The fourth-order valence-corrected chi connectivity index (χ4v) is 1.91. The van der Waals surface area contributed by atoms with E-state index in [0.29, 0.717) is 6.54 Å². The van der Waals surface area contributed by atoms with Gasteiger partial charge in [0.25, 0.3) is 0 Å². The molecular formula is C11H18IN3S. The first kappa shape index (κ1) is 15.6. The summed E-state index contributed by atoms with van der Waals surface area (Å²) in [6.45, 7) is 2.79. The van der Waals surface area contributed by atoms with Crippen molar-refractivity contribution in [2.45, 2.75) is 12.7 Å². The van der Waals surface area contributed by atoms with Crippen molar-refractivity contribution in [3.05, 3.63) is 35.4 Å². The van der Waals surface area contributed by atoms with E-state index in [1.807, 2.05) is 11.8 Å². The molecule has 1 aromatic carbocycles. The van der Waals surface area contributed by atoms with Crippen molar-refractivity contribution >= 4 is 41.7 Å². The van der Waals surface area contributed by atoms with E-state index in [2.05, 4.69) is 36.2 Å². The van der Waals surface area contributed by atoms with Crippen LogP contribution in [0.5, 0.6) is 0 Å². The van der Waals surface area contributed by atoms with Crippen molar-refractivity contribution in [2.75, 3.05) is 12.3 Å². The van der Waals surface area contributed by atoms with E-state index in [1.54, 1.807) is 0 Å². The second-order valence-corrected chi connectivity index (χ2v) is 4.45. The fraction of sp³-hybridized carbons (Fsp3) is 0.364. The van der Waals surface area contributed by atoms with Gasteiger partial charge >= 0.3 is 0 Å². The molecule has 0 saturated heterocycles. The number of nitrogens with zero attached hydrogens (tertiary/aromatic N) is 1. The second-order valence-electron chi connectivity index (χ2n) is 3.34. The van der Waals surface area contributed by atoms with Gasteiger partial charge in [-0.15, -0.1) is 24.0 Å². The van der Waals surface area contributed by atoms with Crippen LogP contribution in [0.25, 0.3) is 0 Å². The summed E-state index contributed by atoms with van der Waals surface area (Å²) in [4.78, 5) is 3.92. The summed E-state index contributed by atoms with van der Waals surface area (Å²) in [5, 5.41) is 0. The molecule has 0 heterocycles. The van der Waals surface area contributed by atoms with Crippen molar-refractivity contribution in [1.29, 1.82) is 0 Å². The highest BCUT2D eigenvalue weighted by atomic mass is 127. The van der Waals surface area contributed by atoms with Crippen LogP contribution < -0.4 is 11.5 Å². The number of thioether (sulfide) groups is 1. The average molecular weight is 351 g/mol. The van der Waals surface area contributed by atoms with E-state index < -0.39 is 0 Å². The molecule has 0 spiro atoms. The molecule has 1 aromatic rings. The zero-order chi connectivity index (χ0) is 11.1. The van der Waals surface area contributed by atoms with Crippen LogP contribution in [0.1, 0.15) is 11.1 Å². The minimum Gasteiger partial charge on any atom is -0.370 e. The van der Waals surface area contributed by atoms with Gasteiger partial charge in [-0.05, 0) is 12.5 Å². The van der Waals surface area contributed by atoms with Crippen molar-refractivity contribution in [3.8, 4) is 0 Å². The average Bonchev–Trinajstić information content (AvgIpc) is 2.20. The zero-order valence-corrected chi connectivity index (χ0v) is 12.5. The fourth-order valence-electron chi connectivity index (χ4n) is 1.11. The molecule has 0 fully saturated rings. The molecule has 0 unspecified atom stereocenters. The number of halogens is 1. The largest absolute Gasteiger partial charge is 0.370 e. The van der Waals surface area contributed by atoms with Gasteiger partial charge in [0.05, 0.1) is 6.54 Å². The number of aryl methyl sites for hydroxylation is 1. The Morgan fingerprint density at radius 3 is 2.44 bits per heavy atom. The summed E-state index contributed by atoms with van der Waals surface area (Å²) in [5.41, 5.74) is 13.1. The highest BCUT2D eigenvalue weighted by Crippen LogP contribution is 2.12. The third kappa shape index (κ3) is 6.95. The van der Waals surface area contributed by atoms with E-state index in [-0.39, 0.29) is 29.9 Å². The van der Waals surface area contributed by atoms with Gasteiger partial charge in [0, 0.05) is 11.5 Å². The third-order valence-corrected chi connectivity index (χ3v) is 2.93. The van der Waals surface area contributed by atoms with Crippen molar-refractivity contribution in [3.63, 3.8) is 0 Å². The van der Waals surface area contributed by atoms with Gasteiger partial charge in [0.15, 0.2) is 5.96 Å². The van der Waals surface area contributed by atoms with E-state index in [4.69, 9.17) is 11.5 Å². The molecular weight excluding hydrogens is 333 g/mol. The summed E-state index contributed by atoms with van der Waals surface area (Å²) in [6, 6.07) is 8.57. The maximum Gasteiger partial charge on any atom is 0.185 e. The van der Waals surface area contributed by atoms with Crippen LogP contribution in [0.15, 0.2) is 29.3 Å². The van der Waals surface area contributed by atoms with Crippen LogP contribution in [0.4, 0.5) is 0 Å². The van der Waals surface area contributed by atoms with E-state index >= 15 is 0 Å². The van der Waals surface area contributed by atoms with Crippen LogP contribution in [-0.2, 0) is 5.75 Å². The Morgan fingerprint density at radius 2 is 1.88 bits per heavy atom. The van der Waals surface area contributed by atoms with Crippen LogP contribution >= 0.6 is 35.7 Å². The van der Waals surface area contributed by atoms with E-state index in [0.717, 1.165) is 11.5 Å².